The molecule has 2 unspecified atom stereocenters. The number of methoxy groups -OCH3 is 1. The Hall–Kier alpha value is -4.26. The lowest BCUT2D eigenvalue weighted by molar-refractivity contribution is -0.143. The molecule has 12 nitrogen and oxygen atoms in total. The molecular weight excluding hydrogens is 484 g/mol. The van der Waals surface area contributed by atoms with Gasteiger partial charge in [-0.25, -0.2) is 14.8 Å². The van der Waals surface area contributed by atoms with Gasteiger partial charge in [-0.15, -0.1) is 0 Å². The van der Waals surface area contributed by atoms with Gasteiger partial charge in [0.25, 0.3) is 11.8 Å². The summed E-state index contributed by atoms with van der Waals surface area (Å²) in [5, 5.41) is 6.63. The van der Waals surface area contributed by atoms with Gasteiger partial charge in [-0.1, -0.05) is 0 Å². The monoisotopic (exact) mass is 510 g/mol. The fraction of sp³-hybridized carbons (Fsp3) is 0.304. The highest BCUT2D eigenvalue weighted by Gasteiger charge is 2.40. The molecule has 36 heavy (non-hydrogen) atoms. The first-order valence-corrected chi connectivity index (χ1v) is 11.9. The van der Waals surface area contributed by atoms with Crippen LogP contribution in [0.5, 0.6) is 0 Å². The molecule has 1 aliphatic heterocycles. The van der Waals surface area contributed by atoms with Crippen LogP contribution < -0.4 is 27.0 Å². The van der Waals surface area contributed by atoms with E-state index >= 15 is 0 Å². The van der Waals surface area contributed by atoms with Gasteiger partial charge in [0.15, 0.2) is 11.5 Å². The van der Waals surface area contributed by atoms with E-state index < -0.39 is 24.0 Å². The van der Waals surface area contributed by atoms with Crippen LogP contribution in [0.4, 0.5) is 22.3 Å². The van der Waals surface area contributed by atoms with Crippen molar-refractivity contribution in [3.63, 3.8) is 0 Å². The summed E-state index contributed by atoms with van der Waals surface area (Å²) < 4.78 is 9.28. The molecule has 0 aliphatic carbocycles. The van der Waals surface area contributed by atoms with E-state index in [0.717, 1.165) is 5.69 Å². The molecule has 3 heterocycles. The van der Waals surface area contributed by atoms with E-state index in [2.05, 4.69) is 25.0 Å². The maximum atomic E-state index is 12.9. The molecule has 2 atom stereocenters. The molecule has 188 valence electrons. The fourth-order valence-electron chi connectivity index (χ4n) is 4.03. The Balaban J connectivity index is 1.65. The van der Waals surface area contributed by atoms with Gasteiger partial charge in [-0.05, 0) is 61.6 Å². The summed E-state index contributed by atoms with van der Waals surface area (Å²) >= 11 is 1.20. The van der Waals surface area contributed by atoms with Gasteiger partial charge in [0.1, 0.15) is 16.9 Å². The largest absolute Gasteiger partial charge is 0.467 e. The predicted molar refractivity (Wildman–Crippen MR) is 135 cm³/mol. The van der Waals surface area contributed by atoms with Gasteiger partial charge in [-0.2, -0.15) is 4.37 Å². The first kappa shape index (κ1) is 24.9. The number of piperidine rings is 1. The van der Waals surface area contributed by atoms with Crippen LogP contribution in [0, 0.1) is 6.92 Å². The molecule has 2 amide bonds. The van der Waals surface area contributed by atoms with Crippen molar-refractivity contribution < 1.29 is 19.1 Å². The lowest BCUT2D eigenvalue weighted by atomic mass is 9.95. The maximum absolute atomic E-state index is 12.9. The van der Waals surface area contributed by atoms with E-state index in [-0.39, 0.29) is 17.4 Å². The number of aryl methyl sites for hydroxylation is 1. The minimum atomic E-state index is -0.867. The number of carbonyl (C=O) groups is 3. The quantitative estimate of drug-likeness (QED) is 0.269. The van der Waals surface area contributed by atoms with Crippen LogP contribution in [0.3, 0.4) is 0 Å². The molecule has 13 heteroatoms. The Morgan fingerprint density at radius 1 is 1.22 bits per heavy atom. The summed E-state index contributed by atoms with van der Waals surface area (Å²) in [4.78, 5) is 48.3. The predicted octanol–water partition coefficient (Wildman–Crippen LogP) is 1.61. The first-order chi connectivity index (χ1) is 17.3. The second-order valence-corrected chi connectivity index (χ2v) is 9.06. The number of carbonyl (C=O) groups excluding carboxylic acids is 3. The number of rotatable bonds is 7. The third kappa shape index (κ3) is 5.35. The normalized spacial score (nSPS) is 17.3. The Morgan fingerprint density at radius 3 is 2.61 bits per heavy atom. The molecule has 1 aliphatic rings. The lowest BCUT2D eigenvalue weighted by Gasteiger charge is -2.40. The molecule has 1 aromatic carbocycles. The highest BCUT2D eigenvalue weighted by Crippen LogP contribution is 2.28. The average molecular weight is 511 g/mol. The smallest absolute Gasteiger partial charge is 0.330 e. The van der Waals surface area contributed by atoms with Crippen LogP contribution in [0.2, 0.25) is 0 Å². The van der Waals surface area contributed by atoms with Crippen molar-refractivity contribution in [1.29, 1.82) is 0 Å². The molecule has 1 saturated heterocycles. The Labute approximate surface area is 211 Å². The molecule has 6 N–H and O–H groups in total. The molecule has 1 fully saturated rings. The van der Waals surface area contributed by atoms with Crippen molar-refractivity contribution in [1.82, 2.24) is 19.7 Å². The Bertz CT molecular complexity index is 1280. The molecular formula is C23H26N8O4S. The van der Waals surface area contributed by atoms with Gasteiger partial charge < -0.3 is 31.7 Å². The number of anilines is 4. The number of nitrogens with zero attached hydrogens (tertiary/aromatic N) is 4. The minimum absolute atomic E-state index is 0.0513. The number of primary amides is 1. The zero-order chi connectivity index (χ0) is 25.8. The number of esters is 1. The van der Waals surface area contributed by atoms with Crippen molar-refractivity contribution in [2.45, 2.75) is 31.8 Å². The van der Waals surface area contributed by atoms with E-state index in [0.29, 0.717) is 41.5 Å². The van der Waals surface area contributed by atoms with E-state index in [4.69, 9.17) is 16.2 Å². The molecule has 0 radical (unpaired) electrons. The number of ether oxygens (including phenoxy) is 1. The minimum Gasteiger partial charge on any atom is -0.467 e. The second kappa shape index (κ2) is 10.6. The molecule has 2 aromatic heterocycles. The third-order valence-corrected chi connectivity index (χ3v) is 6.52. The SMILES string of the molecule is COC(=O)C1C(NC(=O)c2ccc(N)cc2)CCCN1c1cnc(C(N)=O)c(Nc2cc(C)ns2)n1. The van der Waals surface area contributed by atoms with Crippen LogP contribution in [0.25, 0.3) is 0 Å². The highest BCUT2D eigenvalue weighted by molar-refractivity contribution is 7.10. The van der Waals surface area contributed by atoms with Gasteiger partial charge in [0.2, 0.25) is 0 Å². The number of hydrogen-bond donors (Lipinski definition) is 4. The number of aromatic nitrogens is 3. The number of nitrogens with one attached hydrogen (secondary N) is 2. The Kier molecular flexibility index (Phi) is 7.29. The van der Waals surface area contributed by atoms with Crippen LogP contribution in [-0.4, -0.2) is 57.9 Å². The number of nitrogen functional groups attached to an aromatic ring is 1. The van der Waals surface area contributed by atoms with Gasteiger partial charge in [0.05, 0.1) is 25.0 Å². The summed E-state index contributed by atoms with van der Waals surface area (Å²) in [5.74, 6) is -1.17. The van der Waals surface area contributed by atoms with Crippen molar-refractivity contribution in [3.8, 4) is 0 Å². The van der Waals surface area contributed by atoms with Gasteiger partial charge in [0, 0.05) is 17.8 Å². The molecule has 0 spiro atoms. The first-order valence-electron chi connectivity index (χ1n) is 11.1. The summed E-state index contributed by atoms with van der Waals surface area (Å²) in [6, 6.07) is 6.87. The van der Waals surface area contributed by atoms with Gasteiger partial charge >= 0.3 is 5.97 Å². The summed E-state index contributed by atoms with van der Waals surface area (Å²) in [6.45, 7) is 2.30. The van der Waals surface area contributed by atoms with E-state index in [9.17, 15) is 14.4 Å². The van der Waals surface area contributed by atoms with Crippen LogP contribution in [0.15, 0.2) is 36.5 Å². The molecule has 4 rings (SSSR count). The number of benzene rings is 1. The average Bonchev–Trinajstić information content (AvgIpc) is 3.27. The second-order valence-electron chi connectivity index (χ2n) is 8.25. The summed E-state index contributed by atoms with van der Waals surface area (Å²) in [6.07, 6.45) is 2.59. The topological polar surface area (TPSA) is 178 Å². The molecule has 0 saturated carbocycles. The number of hydrogen-bond acceptors (Lipinski definition) is 11. The van der Waals surface area contributed by atoms with Crippen LogP contribution >= 0.6 is 11.5 Å². The zero-order valence-corrected chi connectivity index (χ0v) is 20.5. The van der Waals surface area contributed by atoms with Crippen molar-refractivity contribution in [3.05, 3.63) is 53.5 Å². The van der Waals surface area contributed by atoms with Crippen molar-refractivity contribution in [2.75, 3.05) is 29.6 Å². The standard InChI is InChI=1S/C23H26N8O4S/c1-12-10-17(36-30-12)29-21-18(20(25)32)26-11-16(28-21)31-9-3-4-15(19(31)23(34)35-2)27-22(33)13-5-7-14(24)8-6-13/h5-8,10-11,15,19H,3-4,9,24H2,1-2H3,(H2,25,32)(H,27,33)(H,28,29). The summed E-state index contributed by atoms with van der Waals surface area (Å²) in [7, 11) is 1.29. The van der Waals surface area contributed by atoms with E-state index in [1.807, 2.05) is 6.92 Å². The van der Waals surface area contributed by atoms with Crippen molar-refractivity contribution in [2.24, 2.45) is 5.73 Å². The third-order valence-electron chi connectivity index (χ3n) is 5.72. The van der Waals surface area contributed by atoms with Crippen molar-refractivity contribution >= 4 is 51.6 Å². The van der Waals surface area contributed by atoms with Crippen LogP contribution in [-0.2, 0) is 9.53 Å². The van der Waals surface area contributed by atoms with E-state index in [1.165, 1.54) is 24.8 Å². The number of nitrogens with two attached hydrogens (primary N) is 2. The molecule has 3 aromatic rings. The highest BCUT2D eigenvalue weighted by atomic mass is 32.1. The van der Waals surface area contributed by atoms with Gasteiger partial charge in [-0.3, -0.25) is 9.59 Å². The summed E-state index contributed by atoms with van der Waals surface area (Å²) in [5.41, 5.74) is 12.9. The van der Waals surface area contributed by atoms with Crippen LogP contribution in [0.1, 0.15) is 39.4 Å². The van der Waals surface area contributed by atoms with E-state index in [1.54, 1.807) is 35.2 Å². The molecule has 0 bridgehead atoms. The number of amides is 2. The Morgan fingerprint density at radius 2 is 1.97 bits per heavy atom. The fourth-order valence-corrected chi connectivity index (χ4v) is 4.69. The lowest BCUT2D eigenvalue weighted by Crippen LogP contribution is -2.59. The zero-order valence-electron chi connectivity index (χ0n) is 19.7. The maximum Gasteiger partial charge on any atom is 0.330 e.